The Morgan fingerprint density at radius 3 is 2.15 bits per heavy atom. The minimum atomic E-state index is 0.233. The Bertz CT molecular complexity index is 292. The van der Waals surface area contributed by atoms with Gasteiger partial charge in [0.2, 0.25) is 0 Å². The molecule has 0 aromatic heterocycles. The smallest absolute Gasteiger partial charge is 0.160 e. The molecule has 0 aliphatic carbocycles. The van der Waals surface area contributed by atoms with Crippen LogP contribution in [0.4, 0.5) is 0 Å². The number of aromatic hydroxyl groups is 1. The molecule has 0 amide bonds. The first-order valence-electron chi connectivity index (χ1n) is 4.61. The van der Waals surface area contributed by atoms with Crippen LogP contribution in [0.2, 0.25) is 0 Å². The molecule has 2 heteroatoms. The van der Waals surface area contributed by atoms with Crippen molar-refractivity contribution in [3.8, 4) is 11.5 Å². The summed E-state index contributed by atoms with van der Waals surface area (Å²) in [7, 11) is 1.57. The molecule has 0 saturated heterocycles. The van der Waals surface area contributed by atoms with Gasteiger partial charge in [0.1, 0.15) is 0 Å². The van der Waals surface area contributed by atoms with Gasteiger partial charge < -0.3 is 9.84 Å². The maximum atomic E-state index is 9.52. The zero-order chi connectivity index (χ0) is 9.84. The third kappa shape index (κ3) is 1.94. The van der Waals surface area contributed by atoms with Crippen molar-refractivity contribution >= 4 is 0 Å². The standard InChI is InChI=1S/C11H16O2/c1-4-8-6-10(12)11(13-3)7-9(8)5-2/h6-7,12H,4-5H2,1-3H3. The number of phenols is 1. The lowest BCUT2D eigenvalue weighted by molar-refractivity contribution is 0.372. The first-order valence-corrected chi connectivity index (χ1v) is 4.61. The summed E-state index contributed by atoms with van der Waals surface area (Å²) in [6.45, 7) is 4.19. The van der Waals surface area contributed by atoms with Gasteiger partial charge in [-0.1, -0.05) is 13.8 Å². The van der Waals surface area contributed by atoms with Gasteiger partial charge >= 0.3 is 0 Å². The first kappa shape index (κ1) is 9.90. The average Bonchev–Trinajstić information content (AvgIpc) is 2.17. The van der Waals surface area contributed by atoms with Gasteiger partial charge in [-0.25, -0.2) is 0 Å². The monoisotopic (exact) mass is 180 g/mol. The van der Waals surface area contributed by atoms with E-state index >= 15 is 0 Å². The van der Waals surface area contributed by atoms with E-state index in [1.807, 2.05) is 6.07 Å². The molecular formula is C11H16O2. The molecule has 13 heavy (non-hydrogen) atoms. The number of hydrogen-bond donors (Lipinski definition) is 1. The molecule has 0 heterocycles. The fourth-order valence-corrected chi connectivity index (χ4v) is 1.48. The van der Waals surface area contributed by atoms with Crippen LogP contribution in [0.3, 0.4) is 0 Å². The quantitative estimate of drug-likeness (QED) is 0.774. The van der Waals surface area contributed by atoms with Crippen LogP contribution in [0.5, 0.6) is 11.5 Å². The van der Waals surface area contributed by atoms with Gasteiger partial charge in [0.15, 0.2) is 11.5 Å². The number of methoxy groups -OCH3 is 1. The zero-order valence-corrected chi connectivity index (χ0v) is 8.42. The molecule has 0 aliphatic rings. The van der Waals surface area contributed by atoms with E-state index in [9.17, 15) is 5.11 Å². The highest BCUT2D eigenvalue weighted by atomic mass is 16.5. The molecule has 0 atom stereocenters. The van der Waals surface area contributed by atoms with Gasteiger partial charge in [-0.05, 0) is 36.1 Å². The van der Waals surface area contributed by atoms with E-state index in [2.05, 4.69) is 13.8 Å². The third-order valence-corrected chi connectivity index (χ3v) is 2.26. The van der Waals surface area contributed by atoms with E-state index in [0.29, 0.717) is 5.75 Å². The molecule has 1 aromatic carbocycles. The molecule has 1 N–H and O–H groups in total. The molecule has 0 unspecified atom stereocenters. The van der Waals surface area contributed by atoms with Crippen molar-refractivity contribution < 1.29 is 9.84 Å². The van der Waals surface area contributed by atoms with E-state index < -0.39 is 0 Å². The van der Waals surface area contributed by atoms with Gasteiger partial charge in [-0.3, -0.25) is 0 Å². The first-order chi connectivity index (χ1) is 6.22. The van der Waals surface area contributed by atoms with Gasteiger partial charge in [0.05, 0.1) is 7.11 Å². The Balaban J connectivity index is 3.18. The largest absolute Gasteiger partial charge is 0.504 e. The second kappa shape index (κ2) is 4.17. The predicted molar refractivity (Wildman–Crippen MR) is 53.4 cm³/mol. The average molecular weight is 180 g/mol. The molecule has 1 rings (SSSR count). The molecule has 0 radical (unpaired) electrons. The number of aryl methyl sites for hydroxylation is 2. The minimum absolute atomic E-state index is 0.233. The summed E-state index contributed by atoms with van der Waals surface area (Å²) in [6.07, 6.45) is 1.92. The lowest BCUT2D eigenvalue weighted by atomic mass is 10.0. The second-order valence-electron chi connectivity index (χ2n) is 3.00. The Morgan fingerprint density at radius 1 is 1.15 bits per heavy atom. The predicted octanol–water partition coefficient (Wildman–Crippen LogP) is 2.53. The lowest BCUT2D eigenvalue weighted by Gasteiger charge is -2.10. The molecule has 0 fully saturated rings. The number of benzene rings is 1. The normalized spacial score (nSPS) is 10.1. The van der Waals surface area contributed by atoms with Crippen LogP contribution in [-0.4, -0.2) is 12.2 Å². The van der Waals surface area contributed by atoms with Crippen LogP contribution >= 0.6 is 0 Å². The van der Waals surface area contributed by atoms with E-state index in [1.165, 1.54) is 11.1 Å². The number of hydrogen-bond acceptors (Lipinski definition) is 2. The van der Waals surface area contributed by atoms with E-state index in [-0.39, 0.29) is 5.75 Å². The van der Waals surface area contributed by atoms with E-state index in [0.717, 1.165) is 12.8 Å². The van der Waals surface area contributed by atoms with Crippen molar-refractivity contribution in [1.29, 1.82) is 0 Å². The molecule has 0 saturated carbocycles. The summed E-state index contributed by atoms with van der Waals surface area (Å²) >= 11 is 0. The maximum Gasteiger partial charge on any atom is 0.160 e. The van der Waals surface area contributed by atoms with E-state index in [1.54, 1.807) is 13.2 Å². The van der Waals surface area contributed by atoms with Gasteiger partial charge in [-0.15, -0.1) is 0 Å². The fraction of sp³-hybridized carbons (Fsp3) is 0.455. The van der Waals surface area contributed by atoms with Gasteiger partial charge in [-0.2, -0.15) is 0 Å². The van der Waals surface area contributed by atoms with Crippen LogP contribution in [-0.2, 0) is 12.8 Å². The van der Waals surface area contributed by atoms with Crippen LogP contribution in [0.1, 0.15) is 25.0 Å². The van der Waals surface area contributed by atoms with Crippen molar-refractivity contribution in [3.63, 3.8) is 0 Å². The van der Waals surface area contributed by atoms with Crippen LogP contribution < -0.4 is 4.74 Å². The molecule has 0 bridgehead atoms. The van der Waals surface area contributed by atoms with Gasteiger partial charge in [0, 0.05) is 0 Å². The Labute approximate surface area is 79.2 Å². The van der Waals surface area contributed by atoms with Crippen LogP contribution in [0.15, 0.2) is 12.1 Å². The van der Waals surface area contributed by atoms with Crippen molar-refractivity contribution in [2.45, 2.75) is 26.7 Å². The Hall–Kier alpha value is -1.18. The van der Waals surface area contributed by atoms with Gasteiger partial charge in [0.25, 0.3) is 0 Å². The Morgan fingerprint density at radius 2 is 1.69 bits per heavy atom. The Kier molecular flexibility index (Phi) is 3.18. The van der Waals surface area contributed by atoms with Crippen LogP contribution in [0, 0.1) is 0 Å². The van der Waals surface area contributed by atoms with Crippen LogP contribution in [0.25, 0.3) is 0 Å². The summed E-state index contributed by atoms with van der Waals surface area (Å²) in [6, 6.07) is 3.70. The highest BCUT2D eigenvalue weighted by Crippen LogP contribution is 2.29. The number of phenolic OH excluding ortho intramolecular Hbond substituents is 1. The molecule has 0 aliphatic heterocycles. The molecule has 1 aromatic rings. The molecule has 72 valence electrons. The second-order valence-corrected chi connectivity index (χ2v) is 3.00. The minimum Gasteiger partial charge on any atom is -0.504 e. The maximum absolute atomic E-state index is 9.52. The molecule has 2 nitrogen and oxygen atoms in total. The summed E-state index contributed by atoms with van der Waals surface area (Å²) in [4.78, 5) is 0. The lowest BCUT2D eigenvalue weighted by Crippen LogP contribution is -1.93. The highest BCUT2D eigenvalue weighted by Gasteiger charge is 2.06. The fourth-order valence-electron chi connectivity index (χ4n) is 1.48. The van der Waals surface area contributed by atoms with Crippen molar-refractivity contribution in [3.05, 3.63) is 23.3 Å². The summed E-state index contributed by atoms with van der Waals surface area (Å²) in [5.74, 6) is 0.797. The summed E-state index contributed by atoms with van der Waals surface area (Å²) in [5.41, 5.74) is 2.44. The van der Waals surface area contributed by atoms with Crippen molar-refractivity contribution in [2.24, 2.45) is 0 Å². The number of ether oxygens (including phenoxy) is 1. The summed E-state index contributed by atoms with van der Waals surface area (Å²) < 4.78 is 5.04. The van der Waals surface area contributed by atoms with Crippen molar-refractivity contribution in [1.82, 2.24) is 0 Å². The highest BCUT2D eigenvalue weighted by molar-refractivity contribution is 5.46. The van der Waals surface area contributed by atoms with Crippen molar-refractivity contribution in [2.75, 3.05) is 7.11 Å². The topological polar surface area (TPSA) is 29.5 Å². The molecule has 0 spiro atoms. The SMILES string of the molecule is CCc1cc(O)c(OC)cc1CC. The third-order valence-electron chi connectivity index (χ3n) is 2.26. The molecular weight excluding hydrogens is 164 g/mol. The number of rotatable bonds is 3. The van der Waals surface area contributed by atoms with E-state index in [4.69, 9.17) is 4.74 Å². The summed E-state index contributed by atoms with van der Waals surface area (Å²) in [5, 5.41) is 9.52. The zero-order valence-electron chi connectivity index (χ0n) is 8.42.